The third-order valence-electron chi connectivity index (χ3n) is 4.23. The summed E-state index contributed by atoms with van der Waals surface area (Å²) in [6.45, 7) is 7.09. The van der Waals surface area contributed by atoms with Crippen molar-refractivity contribution in [1.29, 1.82) is 0 Å². The zero-order chi connectivity index (χ0) is 19.8. The number of aromatic nitrogens is 2. The highest BCUT2D eigenvalue weighted by Gasteiger charge is 2.24. The molecule has 1 aromatic carbocycles. The van der Waals surface area contributed by atoms with Crippen LogP contribution in [0.3, 0.4) is 0 Å². The van der Waals surface area contributed by atoms with Crippen LogP contribution in [-0.2, 0) is 9.53 Å². The SMILES string of the molecule is CCOCCCN(CC(C)C(=O)O)C(=O)c1cc(C)n(-c2ccccc2)n1. The number of hydrogen-bond donors (Lipinski definition) is 1. The summed E-state index contributed by atoms with van der Waals surface area (Å²) in [7, 11) is 0. The van der Waals surface area contributed by atoms with Crippen molar-refractivity contribution in [2.45, 2.75) is 27.2 Å². The van der Waals surface area contributed by atoms with Crippen LogP contribution in [0, 0.1) is 12.8 Å². The number of aryl methyl sites for hydroxylation is 1. The Morgan fingerprint density at radius 1 is 1.30 bits per heavy atom. The second kappa shape index (κ2) is 9.87. The van der Waals surface area contributed by atoms with E-state index in [0.717, 1.165) is 11.4 Å². The summed E-state index contributed by atoms with van der Waals surface area (Å²) >= 11 is 0. The number of benzene rings is 1. The van der Waals surface area contributed by atoms with Gasteiger partial charge in [-0.15, -0.1) is 0 Å². The van der Waals surface area contributed by atoms with Gasteiger partial charge in [0.05, 0.1) is 11.6 Å². The van der Waals surface area contributed by atoms with Gasteiger partial charge in [0.15, 0.2) is 5.69 Å². The molecule has 1 heterocycles. The number of ether oxygens (including phenoxy) is 1. The van der Waals surface area contributed by atoms with Gasteiger partial charge in [-0.1, -0.05) is 25.1 Å². The molecule has 0 aliphatic carbocycles. The van der Waals surface area contributed by atoms with Gasteiger partial charge in [-0.3, -0.25) is 9.59 Å². The fourth-order valence-electron chi connectivity index (χ4n) is 2.76. The summed E-state index contributed by atoms with van der Waals surface area (Å²) in [4.78, 5) is 25.8. The van der Waals surface area contributed by atoms with Crippen LogP contribution in [0.4, 0.5) is 0 Å². The molecule has 0 radical (unpaired) electrons. The molecule has 7 nitrogen and oxygen atoms in total. The molecule has 1 unspecified atom stereocenters. The van der Waals surface area contributed by atoms with E-state index in [1.165, 1.54) is 0 Å². The third-order valence-corrected chi connectivity index (χ3v) is 4.23. The van der Waals surface area contributed by atoms with E-state index in [-0.39, 0.29) is 12.5 Å². The molecular weight excluding hydrogens is 346 g/mol. The number of carbonyl (C=O) groups is 2. The van der Waals surface area contributed by atoms with E-state index in [1.807, 2.05) is 44.2 Å². The van der Waals surface area contributed by atoms with E-state index in [1.54, 1.807) is 22.6 Å². The van der Waals surface area contributed by atoms with Gasteiger partial charge >= 0.3 is 5.97 Å². The second-order valence-electron chi connectivity index (χ2n) is 6.46. The fraction of sp³-hybridized carbons (Fsp3) is 0.450. The van der Waals surface area contributed by atoms with Crippen molar-refractivity contribution in [2.24, 2.45) is 5.92 Å². The zero-order valence-corrected chi connectivity index (χ0v) is 16.1. The number of amides is 1. The summed E-state index contributed by atoms with van der Waals surface area (Å²) < 4.78 is 7.04. The quantitative estimate of drug-likeness (QED) is 0.647. The topological polar surface area (TPSA) is 84.7 Å². The normalized spacial score (nSPS) is 12.0. The van der Waals surface area contributed by atoms with E-state index in [4.69, 9.17) is 4.74 Å². The number of aliphatic carboxylic acids is 1. The number of nitrogens with zero attached hydrogens (tertiary/aromatic N) is 3. The Morgan fingerprint density at radius 3 is 2.63 bits per heavy atom. The monoisotopic (exact) mass is 373 g/mol. The number of carbonyl (C=O) groups excluding carboxylic acids is 1. The van der Waals surface area contributed by atoms with Crippen LogP contribution in [0.1, 0.15) is 36.5 Å². The Morgan fingerprint density at radius 2 is 2.00 bits per heavy atom. The molecule has 1 amide bonds. The van der Waals surface area contributed by atoms with Crippen LogP contribution in [0.15, 0.2) is 36.4 Å². The Bertz CT molecular complexity index is 758. The number of rotatable bonds is 10. The largest absolute Gasteiger partial charge is 0.481 e. The highest BCUT2D eigenvalue weighted by Crippen LogP contribution is 2.14. The average Bonchev–Trinajstić information content (AvgIpc) is 3.05. The Balaban J connectivity index is 2.19. The lowest BCUT2D eigenvalue weighted by atomic mass is 10.1. The summed E-state index contributed by atoms with van der Waals surface area (Å²) in [5.74, 6) is -1.85. The van der Waals surface area contributed by atoms with Crippen LogP contribution in [0.25, 0.3) is 5.69 Å². The van der Waals surface area contributed by atoms with E-state index >= 15 is 0 Å². The summed E-state index contributed by atoms with van der Waals surface area (Å²) in [6, 6.07) is 11.3. The highest BCUT2D eigenvalue weighted by atomic mass is 16.5. The number of carboxylic acid groups (broad SMARTS) is 1. The molecule has 1 atom stereocenters. The summed E-state index contributed by atoms with van der Waals surface area (Å²) in [5.41, 5.74) is 2.02. The molecule has 146 valence electrons. The minimum Gasteiger partial charge on any atom is -0.481 e. The lowest BCUT2D eigenvalue weighted by molar-refractivity contribution is -0.141. The van der Waals surface area contributed by atoms with Gasteiger partial charge in [0.25, 0.3) is 5.91 Å². The highest BCUT2D eigenvalue weighted by molar-refractivity contribution is 5.92. The maximum Gasteiger partial charge on any atom is 0.308 e. The van der Waals surface area contributed by atoms with Crippen molar-refractivity contribution in [1.82, 2.24) is 14.7 Å². The summed E-state index contributed by atoms with van der Waals surface area (Å²) in [5, 5.41) is 13.7. The van der Waals surface area contributed by atoms with Crippen molar-refractivity contribution < 1.29 is 19.4 Å². The molecule has 0 aliphatic heterocycles. The van der Waals surface area contributed by atoms with Crippen LogP contribution < -0.4 is 0 Å². The van der Waals surface area contributed by atoms with Crippen LogP contribution in [-0.4, -0.2) is 58.0 Å². The molecule has 2 rings (SSSR count). The predicted octanol–water partition coefficient (Wildman–Crippen LogP) is 2.77. The fourth-order valence-corrected chi connectivity index (χ4v) is 2.76. The van der Waals surface area contributed by atoms with Gasteiger partial charge in [-0.05, 0) is 38.5 Å². The smallest absolute Gasteiger partial charge is 0.308 e. The maximum absolute atomic E-state index is 13.0. The Labute approximate surface area is 159 Å². The van der Waals surface area contributed by atoms with Gasteiger partial charge in [0.1, 0.15) is 0 Å². The first-order chi connectivity index (χ1) is 12.9. The van der Waals surface area contributed by atoms with Crippen LogP contribution in [0.2, 0.25) is 0 Å². The minimum atomic E-state index is -0.927. The van der Waals surface area contributed by atoms with Gasteiger partial charge in [0.2, 0.25) is 0 Å². The van der Waals surface area contributed by atoms with Crippen molar-refractivity contribution in [2.75, 3.05) is 26.3 Å². The van der Waals surface area contributed by atoms with Crippen molar-refractivity contribution in [3.05, 3.63) is 47.8 Å². The van der Waals surface area contributed by atoms with E-state index in [2.05, 4.69) is 5.10 Å². The molecule has 0 saturated carbocycles. The van der Waals surface area contributed by atoms with Gasteiger partial charge in [-0.25, -0.2) is 4.68 Å². The molecule has 0 aliphatic rings. The molecule has 0 saturated heterocycles. The minimum absolute atomic E-state index is 0.136. The molecular formula is C20H27N3O4. The van der Waals surface area contributed by atoms with E-state index < -0.39 is 11.9 Å². The molecule has 27 heavy (non-hydrogen) atoms. The lowest BCUT2D eigenvalue weighted by Crippen LogP contribution is -2.38. The molecule has 0 bridgehead atoms. The standard InChI is InChI=1S/C20H27N3O4/c1-4-27-12-8-11-22(14-15(2)20(25)26)19(24)18-13-16(3)23(21-18)17-9-6-5-7-10-17/h5-7,9-10,13,15H,4,8,11-12,14H2,1-3H3,(H,25,26). The number of hydrogen-bond acceptors (Lipinski definition) is 4. The first-order valence-electron chi connectivity index (χ1n) is 9.16. The molecule has 2 aromatic rings. The van der Waals surface area contributed by atoms with E-state index in [0.29, 0.717) is 31.9 Å². The molecule has 1 N–H and O–H groups in total. The molecule has 0 fully saturated rings. The van der Waals surface area contributed by atoms with Gasteiger partial charge < -0.3 is 14.7 Å². The lowest BCUT2D eigenvalue weighted by Gasteiger charge is -2.23. The first kappa shape index (κ1) is 20.6. The Hall–Kier alpha value is -2.67. The summed E-state index contributed by atoms with van der Waals surface area (Å²) in [6.07, 6.45) is 0.643. The van der Waals surface area contributed by atoms with Crippen molar-refractivity contribution >= 4 is 11.9 Å². The van der Waals surface area contributed by atoms with Crippen molar-refractivity contribution in [3.8, 4) is 5.69 Å². The predicted molar refractivity (Wildman–Crippen MR) is 102 cm³/mol. The van der Waals surface area contributed by atoms with Gasteiger partial charge in [-0.2, -0.15) is 5.10 Å². The first-order valence-corrected chi connectivity index (χ1v) is 9.16. The molecule has 7 heteroatoms. The Kier molecular flexibility index (Phi) is 7.55. The van der Waals surface area contributed by atoms with E-state index in [9.17, 15) is 14.7 Å². The number of para-hydroxylation sites is 1. The molecule has 1 aromatic heterocycles. The maximum atomic E-state index is 13.0. The van der Waals surface area contributed by atoms with Crippen LogP contribution in [0.5, 0.6) is 0 Å². The third kappa shape index (κ3) is 5.65. The zero-order valence-electron chi connectivity index (χ0n) is 16.1. The number of carboxylic acids is 1. The average molecular weight is 373 g/mol. The van der Waals surface area contributed by atoms with Gasteiger partial charge in [0, 0.05) is 32.0 Å². The van der Waals surface area contributed by atoms with Crippen molar-refractivity contribution in [3.63, 3.8) is 0 Å². The second-order valence-corrected chi connectivity index (χ2v) is 6.46. The molecule has 0 spiro atoms. The van der Waals surface area contributed by atoms with Crippen LogP contribution >= 0.6 is 0 Å².